The van der Waals surface area contributed by atoms with Crippen molar-refractivity contribution >= 4 is 34.1 Å². The molecule has 1 saturated heterocycles. The Morgan fingerprint density at radius 1 is 0.971 bits per heavy atom. The third kappa shape index (κ3) is 4.59. The van der Waals surface area contributed by atoms with E-state index in [1.54, 1.807) is 0 Å². The summed E-state index contributed by atoms with van der Waals surface area (Å²) in [4.78, 5) is 26.5. The third-order valence-corrected chi connectivity index (χ3v) is 6.43. The number of carbonyl (C=O) groups is 1. The van der Waals surface area contributed by atoms with Crippen LogP contribution in [0.5, 0.6) is 0 Å². The summed E-state index contributed by atoms with van der Waals surface area (Å²) in [5, 5.41) is 4.53. The van der Waals surface area contributed by atoms with E-state index in [0.29, 0.717) is 19.5 Å². The number of anilines is 3. The van der Waals surface area contributed by atoms with Gasteiger partial charge in [0.1, 0.15) is 17.5 Å². The summed E-state index contributed by atoms with van der Waals surface area (Å²) >= 11 is 0. The lowest BCUT2D eigenvalue weighted by atomic mass is 10.1. The van der Waals surface area contributed by atoms with E-state index in [0.717, 1.165) is 52.7 Å². The Balaban J connectivity index is 1.23. The van der Waals surface area contributed by atoms with Crippen LogP contribution in [0.2, 0.25) is 0 Å². The number of piperazine rings is 1. The van der Waals surface area contributed by atoms with Crippen LogP contribution in [0.3, 0.4) is 0 Å². The fraction of sp³-hybridized carbons (Fsp3) is 0.296. The Morgan fingerprint density at radius 3 is 2.47 bits per heavy atom. The van der Waals surface area contributed by atoms with E-state index in [4.69, 9.17) is 0 Å². The van der Waals surface area contributed by atoms with Crippen LogP contribution in [-0.4, -0.2) is 51.5 Å². The van der Waals surface area contributed by atoms with Crippen LogP contribution in [0.4, 0.5) is 17.3 Å². The molecule has 2 aromatic heterocycles. The number of hydrogen-bond acceptors (Lipinski definition) is 5. The summed E-state index contributed by atoms with van der Waals surface area (Å²) in [6.07, 6.45) is 2.50. The van der Waals surface area contributed by atoms with Crippen molar-refractivity contribution in [2.24, 2.45) is 7.05 Å². The van der Waals surface area contributed by atoms with Crippen molar-refractivity contribution in [2.45, 2.75) is 20.3 Å². The number of fused-ring (bicyclic) bond motifs is 1. The van der Waals surface area contributed by atoms with E-state index in [2.05, 4.69) is 62.1 Å². The SMILES string of the molecule is Cc1ccc(Nc2cc(N3CCN(C(=O)Cc4cn(C)c5ccccc45)CC3)nc(C)n2)cc1. The number of rotatable bonds is 5. The Labute approximate surface area is 200 Å². The molecular weight excluding hydrogens is 424 g/mol. The molecule has 7 heteroatoms. The predicted molar refractivity (Wildman–Crippen MR) is 137 cm³/mol. The molecule has 0 radical (unpaired) electrons. The highest BCUT2D eigenvalue weighted by Gasteiger charge is 2.23. The smallest absolute Gasteiger partial charge is 0.227 e. The molecule has 5 rings (SSSR count). The molecule has 0 bridgehead atoms. The van der Waals surface area contributed by atoms with Gasteiger partial charge in [0.2, 0.25) is 5.91 Å². The lowest BCUT2D eigenvalue weighted by Crippen LogP contribution is -2.49. The zero-order chi connectivity index (χ0) is 23.7. The summed E-state index contributed by atoms with van der Waals surface area (Å²) in [6, 6.07) is 18.5. The molecule has 0 atom stereocenters. The highest BCUT2D eigenvalue weighted by atomic mass is 16.2. The Hall–Kier alpha value is -3.87. The minimum atomic E-state index is 0.177. The van der Waals surface area contributed by atoms with Gasteiger partial charge in [-0.3, -0.25) is 4.79 Å². The molecule has 1 aliphatic heterocycles. The number of para-hydroxylation sites is 1. The third-order valence-electron chi connectivity index (χ3n) is 6.43. The molecule has 1 N–H and O–H groups in total. The van der Waals surface area contributed by atoms with Crippen LogP contribution >= 0.6 is 0 Å². The van der Waals surface area contributed by atoms with Gasteiger partial charge in [0.25, 0.3) is 0 Å². The lowest BCUT2D eigenvalue weighted by molar-refractivity contribution is -0.130. The molecule has 3 heterocycles. The van der Waals surface area contributed by atoms with E-state index in [-0.39, 0.29) is 5.91 Å². The van der Waals surface area contributed by atoms with Crippen molar-refractivity contribution < 1.29 is 4.79 Å². The molecule has 0 spiro atoms. The summed E-state index contributed by atoms with van der Waals surface area (Å²) in [5.74, 6) is 2.57. The van der Waals surface area contributed by atoms with E-state index in [9.17, 15) is 4.79 Å². The number of benzene rings is 2. The van der Waals surface area contributed by atoms with Crippen molar-refractivity contribution in [3.05, 3.63) is 77.7 Å². The molecular formula is C27H30N6O. The number of aromatic nitrogens is 3. The Morgan fingerprint density at radius 2 is 1.71 bits per heavy atom. The summed E-state index contributed by atoms with van der Waals surface area (Å²) in [6.45, 7) is 6.86. The fourth-order valence-corrected chi connectivity index (χ4v) is 4.59. The molecule has 0 unspecified atom stereocenters. The maximum atomic E-state index is 13.1. The van der Waals surface area contributed by atoms with Crippen LogP contribution < -0.4 is 10.2 Å². The summed E-state index contributed by atoms with van der Waals surface area (Å²) < 4.78 is 2.09. The Bertz CT molecular complexity index is 1320. The normalized spacial score (nSPS) is 14.0. The molecule has 2 aromatic carbocycles. The summed E-state index contributed by atoms with van der Waals surface area (Å²) in [7, 11) is 2.03. The van der Waals surface area contributed by atoms with Crippen LogP contribution in [-0.2, 0) is 18.3 Å². The highest BCUT2D eigenvalue weighted by molar-refractivity contribution is 5.89. The van der Waals surface area contributed by atoms with E-state index < -0.39 is 0 Å². The van der Waals surface area contributed by atoms with E-state index in [1.165, 1.54) is 5.56 Å². The second-order valence-corrected chi connectivity index (χ2v) is 8.98. The van der Waals surface area contributed by atoms with E-state index in [1.807, 2.05) is 49.2 Å². The molecule has 1 aliphatic rings. The van der Waals surface area contributed by atoms with E-state index >= 15 is 0 Å². The first-order valence-corrected chi connectivity index (χ1v) is 11.7. The molecule has 0 saturated carbocycles. The van der Waals surface area contributed by atoms with Crippen molar-refractivity contribution in [3.8, 4) is 0 Å². The number of amides is 1. The van der Waals surface area contributed by atoms with Crippen LogP contribution in [0.15, 0.2) is 60.8 Å². The van der Waals surface area contributed by atoms with Crippen molar-refractivity contribution in [3.63, 3.8) is 0 Å². The van der Waals surface area contributed by atoms with Gasteiger partial charge in [-0.05, 0) is 37.6 Å². The monoisotopic (exact) mass is 454 g/mol. The molecule has 7 nitrogen and oxygen atoms in total. The minimum absolute atomic E-state index is 0.177. The zero-order valence-corrected chi connectivity index (χ0v) is 20.0. The average molecular weight is 455 g/mol. The highest BCUT2D eigenvalue weighted by Crippen LogP contribution is 2.23. The van der Waals surface area contributed by atoms with Crippen LogP contribution in [0.25, 0.3) is 10.9 Å². The first kappa shape index (κ1) is 21.9. The van der Waals surface area contributed by atoms with Gasteiger partial charge >= 0.3 is 0 Å². The molecule has 0 aliphatic carbocycles. The van der Waals surface area contributed by atoms with Crippen molar-refractivity contribution in [1.82, 2.24) is 19.4 Å². The molecule has 1 fully saturated rings. The quantitative estimate of drug-likeness (QED) is 0.489. The molecule has 174 valence electrons. The number of aryl methyl sites for hydroxylation is 3. The van der Waals surface area contributed by atoms with Gasteiger partial charge in [0, 0.05) is 62.1 Å². The fourth-order valence-electron chi connectivity index (χ4n) is 4.59. The summed E-state index contributed by atoms with van der Waals surface area (Å²) in [5.41, 5.74) is 4.46. The second kappa shape index (κ2) is 9.17. The van der Waals surface area contributed by atoms with Gasteiger partial charge in [-0.25, -0.2) is 9.97 Å². The number of nitrogens with one attached hydrogen (secondary N) is 1. The Kier molecular flexibility index (Phi) is 5.92. The first-order chi connectivity index (χ1) is 16.5. The van der Waals surface area contributed by atoms with Crippen LogP contribution in [0.1, 0.15) is 17.0 Å². The maximum absolute atomic E-state index is 13.1. The topological polar surface area (TPSA) is 66.3 Å². The number of carbonyl (C=O) groups excluding carboxylic acids is 1. The number of nitrogens with zero attached hydrogens (tertiary/aromatic N) is 5. The molecule has 34 heavy (non-hydrogen) atoms. The van der Waals surface area contributed by atoms with Gasteiger partial charge in [0.05, 0.1) is 6.42 Å². The van der Waals surface area contributed by atoms with Gasteiger partial charge in [-0.1, -0.05) is 35.9 Å². The van der Waals surface area contributed by atoms with Gasteiger partial charge in [-0.2, -0.15) is 0 Å². The zero-order valence-electron chi connectivity index (χ0n) is 20.0. The number of hydrogen-bond donors (Lipinski definition) is 1. The predicted octanol–water partition coefficient (Wildman–Crippen LogP) is 4.22. The molecule has 1 amide bonds. The largest absolute Gasteiger partial charge is 0.353 e. The second-order valence-electron chi connectivity index (χ2n) is 8.98. The molecule has 4 aromatic rings. The first-order valence-electron chi connectivity index (χ1n) is 11.7. The van der Waals surface area contributed by atoms with Gasteiger partial charge < -0.3 is 19.7 Å². The van der Waals surface area contributed by atoms with Gasteiger partial charge in [0.15, 0.2) is 0 Å². The lowest BCUT2D eigenvalue weighted by Gasteiger charge is -2.35. The standard InChI is InChI=1S/C27H30N6O/c1-19-8-10-22(11-9-19)30-25-17-26(29-20(2)28-25)32-12-14-33(15-13-32)27(34)16-21-18-31(3)24-7-5-4-6-23(21)24/h4-11,17-18H,12-16H2,1-3H3,(H,28,29,30). The van der Waals surface area contributed by atoms with Crippen molar-refractivity contribution in [2.75, 3.05) is 36.4 Å². The maximum Gasteiger partial charge on any atom is 0.227 e. The van der Waals surface area contributed by atoms with Crippen molar-refractivity contribution in [1.29, 1.82) is 0 Å². The minimum Gasteiger partial charge on any atom is -0.353 e. The van der Waals surface area contributed by atoms with Crippen LogP contribution in [0, 0.1) is 13.8 Å². The average Bonchev–Trinajstić information content (AvgIpc) is 3.15. The van der Waals surface area contributed by atoms with Gasteiger partial charge in [-0.15, -0.1) is 0 Å².